The van der Waals surface area contributed by atoms with Crippen molar-refractivity contribution >= 4 is 15.8 Å². The van der Waals surface area contributed by atoms with E-state index in [9.17, 15) is 12.8 Å². The van der Waals surface area contributed by atoms with Gasteiger partial charge in [0.15, 0.2) is 5.96 Å². The molecule has 0 saturated carbocycles. The normalized spacial score (nSPS) is 12.3. The van der Waals surface area contributed by atoms with E-state index >= 15 is 0 Å². The standard InChI is InChI=1S/C15H24FN3O2S/c1-4-17-15(18-9-6-10-22(3,20)21)19(2)12-13-7-5-8-14(16)11-13/h5,7-8,11H,4,6,9-10,12H2,1-3H3,(H,17,18). The first-order valence-corrected chi connectivity index (χ1v) is 9.29. The van der Waals surface area contributed by atoms with E-state index in [0.717, 1.165) is 5.56 Å². The molecule has 22 heavy (non-hydrogen) atoms. The Morgan fingerprint density at radius 3 is 2.73 bits per heavy atom. The molecule has 0 radical (unpaired) electrons. The van der Waals surface area contributed by atoms with Crippen molar-refractivity contribution in [1.29, 1.82) is 0 Å². The van der Waals surface area contributed by atoms with Crippen LogP contribution >= 0.6 is 0 Å². The zero-order chi connectivity index (χ0) is 16.6. The summed E-state index contributed by atoms with van der Waals surface area (Å²) in [5.41, 5.74) is 0.851. The molecule has 1 N–H and O–H groups in total. The summed E-state index contributed by atoms with van der Waals surface area (Å²) in [5, 5.41) is 3.15. The Hall–Kier alpha value is -1.63. The lowest BCUT2D eigenvalue weighted by Gasteiger charge is -2.22. The summed E-state index contributed by atoms with van der Waals surface area (Å²) in [6, 6.07) is 6.43. The molecule has 0 amide bonds. The van der Waals surface area contributed by atoms with E-state index in [-0.39, 0.29) is 11.6 Å². The molecule has 0 aliphatic heterocycles. The van der Waals surface area contributed by atoms with Crippen LogP contribution in [0.15, 0.2) is 29.3 Å². The highest BCUT2D eigenvalue weighted by Crippen LogP contribution is 2.06. The SMILES string of the molecule is CCNC(=NCCCS(C)(=O)=O)N(C)Cc1cccc(F)c1. The van der Waals surface area contributed by atoms with Crippen LogP contribution < -0.4 is 5.32 Å². The molecule has 0 unspecified atom stereocenters. The minimum atomic E-state index is -2.95. The van der Waals surface area contributed by atoms with Crippen molar-refractivity contribution in [2.45, 2.75) is 19.9 Å². The first kappa shape index (κ1) is 18.4. The number of guanidine groups is 1. The quantitative estimate of drug-likeness (QED) is 0.469. The maximum Gasteiger partial charge on any atom is 0.193 e. The lowest BCUT2D eigenvalue weighted by molar-refractivity contribution is 0.475. The van der Waals surface area contributed by atoms with E-state index in [1.165, 1.54) is 18.4 Å². The Balaban J connectivity index is 2.64. The van der Waals surface area contributed by atoms with Gasteiger partial charge in [-0.15, -0.1) is 0 Å². The third-order valence-electron chi connectivity index (χ3n) is 2.94. The Morgan fingerprint density at radius 2 is 2.14 bits per heavy atom. The first-order chi connectivity index (χ1) is 10.3. The molecule has 124 valence electrons. The van der Waals surface area contributed by atoms with Crippen LogP contribution in [-0.2, 0) is 16.4 Å². The molecule has 0 bridgehead atoms. The van der Waals surface area contributed by atoms with Crippen LogP contribution in [0.4, 0.5) is 4.39 Å². The molecular formula is C15H24FN3O2S. The molecule has 0 saturated heterocycles. The molecule has 0 aliphatic rings. The van der Waals surface area contributed by atoms with Gasteiger partial charge in [0.1, 0.15) is 15.7 Å². The average Bonchev–Trinajstić information content (AvgIpc) is 2.41. The zero-order valence-electron chi connectivity index (χ0n) is 13.3. The monoisotopic (exact) mass is 329 g/mol. The van der Waals surface area contributed by atoms with E-state index < -0.39 is 9.84 Å². The third-order valence-corrected chi connectivity index (χ3v) is 3.97. The lowest BCUT2D eigenvalue weighted by Crippen LogP contribution is -2.38. The number of sulfone groups is 1. The van der Waals surface area contributed by atoms with Gasteiger partial charge in [0.2, 0.25) is 0 Å². The van der Waals surface area contributed by atoms with Crippen molar-refractivity contribution in [2.24, 2.45) is 4.99 Å². The molecule has 1 rings (SSSR count). The summed E-state index contributed by atoms with van der Waals surface area (Å²) in [7, 11) is -1.09. The lowest BCUT2D eigenvalue weighted by atomic mass is 10.2. The van der Waals surface area contributed by atoms with Crippen LogP contribution in [0.1, 0.15) is 18.9 Å². The minimum absolute atomic E-state index is 0.128. The van der Waals surface area contributed by atoms with Crippen LogP contribution in [-0.4, -0.2) is 51.4 Å². The van der Waals surface area contributed by atoms with Crippen molar-refractivity contribution in [3.8, 4) is 0 Å². The molecule has 1 aromatic carbocycles. The highest BCUT2D eigenvalue weighted by atomic mass is 32.2. The number of halogens is 1. The maximum absolute atomic E-state index is 13.2. The number of rotatable bonds is 7. The Morgan fingerprint density at radius 1 is 1.41 bits per heavy atom. The molecular weight excluding hydrogens is 305 g/mol. The van der Waals surface area contributed by atoms with Crippen LogP contribution in [0.5, 0.6) is 0 Å². The molecule has 0 atom stereocenters. The van der Waals surface area contributed by atoms with E-state index in [1.54, 1.807) is 6.07 Å². The molecule has 1 aromatic rings. The fourth-order valence-electron chi connectivity index (χ4n) is 1.97. The van der Waals surface area contributed by atoms with Crippen molar-refractivity contribution in [3.63, 3.8) is 0 Å². The first-order valence-electron chi connectivity index (χ1n) is 7.23. The highest BCUT2D eigenvalue weighted by Gasteiger charge is 2.07. The van der Waals surface area contributed by atoms with E-state index in [1.807, 2.05) is 24.9 Å². The summed E-state index contributed by atoms with van der Waals surface area (Å²) in [6.07, 6.45) is 1.71. The van der Waals surface area contributed by atoms with Crippen molar-refractivity contribution in [3.05, 3.63) is 35.6 Å². The molecule has 0 aliphatic carbocycles. The summed E-state index contributed by atoms with van der Waals surface area (Å²) in [6.45, 7) is 3.62. The molecule has 0 fully saturated rings. The van der Waals surface area contributed by atoms with Crippen LogP contribution in [0.25, 0.3) is 0 Å². The van der Waals surface area contributed by atoms with E-state index in [2.05, 4.69) is 10.3 Å². The largest absolute Gasteiger partial charge is 0.357 e. The van der Waals surface area contributed by atoms with Gasteiger partial charge in [-0.25, -0.2) is 12.8 Å². The topological polar surface area (TPSA) is 61.8 Å². The van der Waals surface area contributed by atoms with Crippen molar-refractivity contribution in [2.75, 3.05) is 32.1 Å². The van der Waals surface area contributed by atoms with Crippen LogP contribution in [0, 0.1) is 5.82 Å². The van der Waals surface area contributed by atoms with E-state index in [0.29, 0.717) is 32.0 Å². The van der Waals surface area contributed by atoms with Gasteiger partial charge in [0.25, 0.3) is 0 Å². The number of aliphatic imine (C=N–C) groups is 1. The summed E-state index contributed by atoms with van der Waals surface area (Å²) < 4.78 is 35.4. The molecule has 0 heterocycles. The fraction of sp³-hybridized carbons (Fsp3) is 0.533. The number of nitrogens with zero attached hydrogens (tertiary/aromatic N) is 2. The van der Waals surface area contributed by atoms with Crippen LogP contribution in [0.2, 0.25) is 0 Å². The van der Waals surface area contributed by atoms with Gasteiger partial charge in [-0.2, -0.15) is 0 Å². The van der Waals surface area contributed by atoms with Gasteiger partial charge in [0, 0.05) is 32.9 Å². The Kier molecular flexibility index (Phi) is 7.31. The summed E-state index contributed by atoms with van der Waals surface area (Å²) in [4.78, 5) is 6.30. The van der Waals surface area contributed by atoms with Gasteiger partial charge in [-0.1, -0.05) is 12.1 Å². The summed E-state index contributed by atoms with van der Waals surface area (Å²) in [5.74, 6) is 0.546. The third kappa shape index (κ3) is 7.40. The zero-order valence-corrected chi connectivity index (χ0v) is 14.2. The predicted molar refractivity (Wildman–Crippen MR) is 88.2 cm³/mol. The maximum atomic E-state index is 13.2. The van der Waals surface area contributed by atoms with Gasteiger partial charge in [-0.3, -0.25) is 4.99 Å². The highest BCUT2D eigenvalue weighted by molar-refractivity contribution is 7.90. The molecule has 5 nitrogen and oxygen atoms in total. The summed E-state index contributed by atoms with van der Waals surface area (Å²) >= 11 is 0. The van der Waals surface area contributed by atoms with Crippen LogP contribution in [0.3, 0.4) is 0 Å². The van der Waals surface area contributed by atoms with Gasteiger partial charge in [-0.05, 0) is 31.0 Å². The van der Waals surface area contributed by atoms with Gasteiger partial charge < -0.3 is 10.2 Å². The molecule has 0 aromatic heterocycles. The molecule has 7 heteroatoms. The smallest absolute Gasteiger partial charge is 0.193 e. The van der Waals surface area contributed by atoms with Crippen molar-refractivity contribution < 1.29 is 12.8 Å². The number of nitrogens with one attached hydrogen (secondary N) is 1. The fourth-order valence-corrected chi connectivity index (χ4v) is 2.62. The Labute approximate surface area is 132 Å². The second-order valence-corrected chi connectivity index (χ2v) is 7.46. The minimum Gasteiger partial charge on any atom is -0.357 e. The average molecular weight is 329 g/mol. The number of benzene rings is 1. The number of hydrogen-bond acceptors (Lipinski definition) is 3. The van der Waals surface area contributed by atoms with Gasteiger partial charge >= 0.3 is 0 Å². The molecule has 0 spiro atoms. The van der Waals surface area contributed by atoms with E-state index in [4.69, 9.17) is 0 Å². The second-order valence-electron chi connectivity index (χ2n) is 5.21. The Bertz CT molecular complexity index is 603. The predicted octanol–water partition coefficient (Wildman–Crippen LogP) is 1.66. The second kappa shape index (κ2) is 8.73. The van der Waals surface area contributed by atoms with Crippen molar-refractivity contribution in [1.82, 2.24) is 10.2 Å². The number of hydrogen-bond donors (Lipinski definition) is 1. The van der Waals surface area contributed by atoms with Gasteiger partial charge in [0.05, 0.1) is 5.75 Å².